The van der Waals surface area contributed by atoms with Crippen LogP contribution in [0.3, 0.4) is 0 Å². The molecule has 1 aliphatic heterocycles. The summed E-state index contributed by atoms with van der Waals surface area (Å²) in [4.78, 5) is 37.1. The van der Waals surface area contributed by atoms with Crippen molar-refractivity contribution in [3.8, 4) is 0 Å². The molecule has 0 radical (unpaired) electrons. The van der Waals surface area contributed by atoms with Crippen LogP contribution >= 0.6 is 0 Å². The first kappa shape index (κ1) is 13.5. The molecule has 2 atom stereocenters. The van der Waals surface area contributed by atoms with Gasteiger partial charge in [0, 0.05) is 6.54 Å². The van der Waals surface area contributed by atoms with E-state index in [1.165, 1.54) is 4.90 Å². The summed E-state index contributed by atoms with van der Waals surface area (Å²) in [6, 6.07) is 6.70. The van der Waals surface area contributed by atoms with E-state index in [4.69, 9.17) is 0 Å². The fourth-order valence-corrected chi connectivity index (χ4v) is 3.01. The van der Waals surface area contributed by atoms with Crippen molar-refractivity contribution in [2.45, 2.75) is 12.8 Å². The van der Waals surface area contributed by atoms with Crippen molar-refractivity contribution >= 4 is 17.8 Å². The zero-order valence-corrected chi connectivity index (χ0v) is 11.4. The number of benzene rings is 1. The Hall–Kier alpha value is -2.43. The molecular weight excluding hydrogens is 270 g/mol. The molecule has 2 amide bonds. The molecule has 3 rings (SSSR count). The molecule has 0 fully saturated rings. The lowest BCUT2D eigenvalue weighted by Gasteiger charge is -2.28. The molecule has 1 aliphatic carbocycles. The summed E-state index contributed by atoms with van der Waals surface area (Å²) in [5.41, 5.74) is 0.807. The second kappa shape index (κ2) is 5.16. The van der Waals surface area contributed by atoms with Gasteiger partial charge in [-0.25, -0.2) is 0 Å². The Morgan fingerprint density at radius 3 is 2.24 bits per heavy atom. The Bertz CT molecular complexity index is 614. The van der Waals surface area contributed by atoms with Crippen LogP contribution in [0.25, 0.3) is 0 Å². The highest BCUT2D eigenvalue weighted by molar-refractivity contribution is 6.21. The van der Waals surface area contributed by atoms with Gasteiger partial charge in [-0.2, -0.15) is 0 Å². The monoisotopic (exact) mass is 285 g/mol. The number of nitrogens with zero attached hydrogens (tertiary/aromatic N) is 1. The second-order valence-corrected chi connectivity index (χ2v) is 5.41. The maximum absolute atomic E-state index is 12.3. The highest BCUT2D eigenvalue weighted by Gasteiger charge is 2.39. The number of fused-ring (bicyclic) bond motifs is 1. The normalized spacial score (nSPS) is 24.3. The summed E-state index contributed by atoms with van der Waals surface area (Å²) in [6.45, 7) is 0.160. The van der Waals surface area contributed by atoms with Crippen LogP contribution in [0.5, 0.6) is 0 Å². The Kier molecular flexibility index (Phi) is 3.33. The number of carboxylic acids is 1. The summed E-state index contributed by atoms with van der Waals surface area (Å²) in [5.74, 6) is -2.29. The van der Waals surface area contributed by atoms with E-state index in [1.807, 2.05) is 12.2 Å². The van der Waals surface area contributed by atoms with E-state index < -0.39 is 11.9 Å². The average molecular weight is 285 g/mol. The van der Waals surface area contributed by atoms with E-state index in [0.717, 1.165) is 0 Å². The van der Waals surface area contributed by atoms with Gasteiger partial charge in [-0.15, -0.1) is 0 Å². The first-order valence-electron chi connectivity index (χ1n) is 6.92. The fourth-order valence-electron chi connectivity index (χ4n) is 3.01. The molecule has 1 N–H and O–H groups in total. The predicted octanol–water partition coefficient (Wildman–Crippen LogP) is 1.95. The number of aliphatic carboxylic acids is 1. The van der Waals surface area contributed by atoms with Crippen LogP contribution in [-0.2, 0) is 4.79 Å². The predicted molar refractivity (Wildman–Crippen MR) is 74.8 cm³/mol. The number of hydrogen-bond acceptors (Lipinski definition) is 3. The van der Waals surface area contributed by atoms with Crippen LogP contribution in [0.2, 0.25) is 0 Å². The van der Waals surface area contributed by atoms with Crippen molar-refractivity contribution in [1.82, 2.24) is 4.90 Å². The second-order valence-electron chi connectivity index (χ2n) is 5.41. The number of carbonyl (C=O) groups excluding carboxylic acids is 2. The molecule has 21 heavy (non-hydrogen) atoms. The molecule has 2 unspecified atom stereocenters. The summed E-state index contributed by atoms with van der Waals surface area (Å²) in [6.07, 6.45) is 4.79. The Morgan fingerprint density at radius 1 is 1.10 bits per heavy atom. The SMILES string of the molecule is O=C(O)C1CC=CCC1CN1C(=O)c2ccccc2C1=O. The van der Waals surface area contributed by atoms with Gasteiger partial charge < -0.3 is 5.11 Å². The number of allylic oxidation sites excluding steroid dienone is 2. The molecule has 1 aromatic rings. The minimum absolute atomic E-state index is 0.160. The molecule has 0 saturated heterocycles. The molecule has 0 spiro atoms. The third-order valence-corrected chi connectivity index (χ3v) is 4.18. The van der Waals surface area contributed by atoms with Crippen LogP contribution in [0.1, 0.15) is 33.6 Å². The van der Waals surface area contributed by atoms with E-state index in [-0.39, 0.29) is 24.3 Å². The van der Waals surface area contributed by atoms with Crippen LogP contribution < -0.4 is 0 Å². The first-order chi connectivity index (χ1) is 10.1. The molecule has 0 saturated carbocycles. The topological polar surface area (TPSA) is 74.7 Å². The highest BCUT2D eigenvalue weighted by atomic mass is 16.4. The van der Waals surface area contributed by atoms with Gasteiger partial charge in [-0.05, 0) is 30.9 Å². The minimum atomic E-state index is -0.874. The lowest BCUT2D eigenvalue weighted by Crippen LogP contribution is -2.39. The van der Waals surface area contributed by atoms with Crippen molar-refractivity contribution in [2.75, 3.05) is 6.54 Å². The zero-order chi connectivity index (χ0) is 15.0. The average Bonchev–Trinajstić information content (AvgIpc) is 2.73. The highest BCUT2D eigenvalue weighted by Crippen LogP contribution is 2.30. The van der Waals surface area contributed by atoms with Crippen molar-refractivity contribution in [2.24, 2.45) is 11.8 Å². The van der Waals surface area contributed by atoms with E-state index in [1.54, 1.807) is 24.3 Å². The smallest absolute Gasteiger partial charge is 0.307 e. The number of imide groups is 1. The maximum Gasteiger partial charge on any atom is 0.307 e. The van der Waals surface area contributed by atoms with Crippen molar-refractivity contribution in [3.05, 3.63) is 47.5 Å². The molecule has 0 bridgehead atoms. The molecule has 5 nitrogen and oxygen atoms in total. The third kappa shape index (κ3) is 2.24. The van der Waals surface area contributed by atoms with Gasteiger partial charge in [0.2, 0.25) is 0 Å². The first-order valence-corrected chi connectivity index (χ1v) is 6.92. The standard InChI is InChI=1S/C16H15NO4/c18-14-12-7-3-4-8-13(12)15(19)17(14)9-10-5-1-2-6-11(10)16(20)21/h1-4,7-8,10-11H,5-6,9H2,(H,20,21). The Morgan fingerprint density at radius 2 is 1.67 bits per heavy atom. The van der Waals surface area contributed by atoms with Crippen LogP contribution in [0.4, 0.5) is 0 Å². The summed E-state index contributed by atoms with van der Waals surface area (Å²) < 4.78 is 0. The van der Waals surface area contributed by atoms with Gasteiger partial charge in [-0.1, -0.05) is 24.3 Å². The molecule has 108 valence electrons. The molecule has 2 aliphatic rings. The summed E-state index contributed by atoms with van der Waals surface area (Å²) >= 11 is 0. The van der Waals surface area contributed by atoms with E-state index in [0.29, 0.717) is 24.0 Å². The lowest BCUT2D eigenvalue weighted by molar-refractivity contribution is -0.143. The van der Waals surface area contributed by atoms with Crippen molar-refractivity contribution in [3.63, 3.8) is 0 Å². The van der Waals surface area contributed by atoms with Crippen LogP contribution in [-0.4, -0.2) is 34.3 Å². The van der Waals surface area contributed by atoms with Crippen LogP contribution in [0, 0.1) is 11.8 Å². The van der Waals surface area contributed by atoms with E-state index >= 15 is 0 Å². The molecule has 1 heterocycles. The van der Waals surface area contributed by atoms with Gasteiger partial charge >= 0.3 is 5.97 Å². The summed E-state index contributed by atoms with van der Waals surface area (Å²) in [5, 5.41) is 9.27. The van der Waals surface area contributed by atoms with Gasteiger partial charge in [0.05, 0.1) is 17.0 Å². The third-order valence-electron chi connectivity index (χ3n) is 4.18. The quantitative estimate of drug-likeness (QED) is 0.680. The minimum Gasteiger partial charge on any atom is -0.481 e. The number of hydrogen-bond donors (Lipinski definition) is 1. The number of carboxylic acid groups (broad SMARTS) is 1. The number of carbonyl (C=O) groups is 3. The molecule has 5 heteroatoms. The number of rotatable bonds is 3. The van der Waals surface area contributed by atoms with E-state index in [9.17, 15) is 19.5 Å². The van der Waals surface area contributed by atoms with E-state index in [2.05, 4.69) is 0 Å². The lowest BCUT2D eigenvalue weighted by atomic mass is 9.82. The van der Waals surface area contributed by atoms with Crippen molar-refractivity contribution < 1.29 is 19.5 Å². The number of amides is 2. The fraction of sp³-hybridized carbons (Fsp3) is 0.312. The van der Waals surface area contributed by atoms with Crippen molar-refractivity contribution in [1.29, 1.82) is 0 Å². The molecule has 1 aromatic carbocycles. The zero-order valence-electron chi connectivity index (χ0n) is 11.4. The molecule has 0 aromatic heterocycles. The Balaban J connectivity index is 1.83. The largest absolute Gasteiger partial charge is 0.481 e. The van der Waals surface area contributed by atoms with Gasteiger partial charge in [0.15, 0.2) is 0 Å². The van der Waals surface area contributed by atoms with Gasteiger partial charge in [-0.3, -0.25) is 19.3 Å². The van der Waals surface area contributed by atoms with Crippen LogP contribution in [0.15, 0.2) is 36.4 Å². The Labute approximate surface area is 121 Å². The van der Waals surface area contributed by atoms with Gasteiger partial charge in [0.25, 0.3) is 11.8 Å². The molecular formula is C16H15NO4. The van der Waals surface area contributed by atoms with Gasteiger partial charge in [0.1, 0.15) is 0 Å². The summed E-state index contributed by atoms with van der Waals surface area (Å²) in [7, 11) is 0. The maximum atomic E-state index is 12.3.